The van der Waals surface area contributed by atoms with Crippen LogP contribution in [0.5, 0.6) is 0 Å². The van der Waals surface area contributed by atoms with Gasteiger partial charge in [-0.15, -0.1) is 0 Å². The van der Waals surface area contributed by atoms with Crippen LogP contribution in [0.1, 0.15) is 24.0 Å². The second-order valence-electron chi connectivity index (χ2n) is 5.70. The molecule has 0 saturated carbocycles. The van der Waals surface area contributed by atoms with Crippen molar-refractivity contribution in [1.29, 1.82) is 0 Å². The van der Waals surface area contributed by atoms with Crippen LogP contribution >= 0.6 is 0 Å². The fourth-order valence-electron chi connectivity index (χ4n) is 2.49. The van der Waals surface area contributed by atoms with Crippen molar-refractivity contribution in [2.24, 2.45) is 5.73 Å². The zero-order valence-electron chi connectivity index (χ0n) is 13.4. The van der Waals surface area contributed by atoms with Gasteiger partial charge in [0, 0.05) is 12.8 Å². The fourth-order valence-corrected chi connectivity index (χ4v) is 2.49. The van der Waals surface area contributed by atoms with E-state index in [1.165, 1.54) is 12.1 Å². The first-order valence-electron chi connectivity index (χ1n) is 7.91. The first kappa shape index (κ1) is 17.7. The molecule has 2 aromatic rings. The number of hydrogen-bond acceptors (Lipinski definition) is 2. The third-order valence-electron chi connectivity index (χ3n) is 3.72. The number of benzene rings is 2. The number of carbonyl (C=O) groups excluding carboxylic acids is 2. The van der Waals surface area contributed by atoms with E-state index in [4.69, 9.17) is 5.73 Å². The van der Waals surface area contributed by atoms with Gasteiger partial charge in [-0.3, -0.25) is 9.59 Å². The van der Waals surface area contributed by atoms with Gasteiger partial charge in [0.15, 0.2) is 0 Å². The van der Waals surface area contributed by atoms with E-state index in [0.29, 0.717) is 18.4 Å². The molecule has 0 bridgehead atoms. The Labute approximate surface area is 140 Å². The summed E-state index contributed by atoms with van der Waals surface area (Å²) in [7, 11) is 0. The predicted octanol–water partition coefficient (Wildman–Crippen LogP) is 2.36. The van der Waals surface area contributed by atoms with Gasteiger partial charge in [-0.05, 0) is 36.1 Å². The van der Waals surface area contributed by atoms with Gasteiger partial charge in [0.2, 0.25) is 11.8 Å². The molecule has 126 valence electrons. The summed E-state index contributed by atoms with van der Waals surface area (Å²) in [5, 5.41) is 2.63. The Kier molecular flexibility index (Phi) is 6.49. The van der Waals surface area contributed by atoms with Crippen molar-refractivity contribution < 1.29 is 14.0 Å². The van der Waals surface area contributed by atoms with E-state index in [1.54, 1.807) is 12.1 Å². The maximum Gasteiger partial charge on any atom is 0.240 e. The van der Waals surface area contributed by atoms with Crippen LogP contribution in [0, 0.1) is 5.82 Å². The van der Waals surface area contributed by atoms with E-state index in [1.807, 2.05) is 30.3 Å². The van der Waals surface area contributed by atoms with Crippen molar-refractivity contribution in [1.82, 2.24) is 5.32 Å². The molecule has 0 spiro atoms. The minimum Gasteiger partial charge on any atom is -0.368 e. The van der Waals surface area contributed by atoms with E-state index >= 15 is 0 Å². The van der Waals surface area contributed by atoms with Crippen LogP contribution in [0.3, 0.4) is 0 Å². The molecule has 0 aliphatic carbocycles. The molecule has 5 heteroatoms. The molecule has 24 heavy (non-hydrogen) atoms. The monoisotopic (exact) mass is 328 g/mol. The van der Waals surface area contributed by atoms with Crippen molar-refractivity contribution in [3.8, 4) is 0 Å². The van der Waals surface area contributed by atoms with E-state index in [0.717, 1.165) is 12.0 Å². The van der Waals surface area contributed by atoms with Crippen LogP contribution in [-0.2, 0) is 22.4 Å². The Hall–Kier alpha value is -2.69. The minimum absolute atomic E-state index is 0.178. The van der Waals surface area contributed by atoms with Gasteiger partial charge in [-0.25, -0.2) is 4.39 Å². The van der Waals surface area contributed by atoms with Gasteiger partial charge in [-0.1, -0.05) is 42.5 Å². The fraction of sp³-hybridized carbons (Fsp3) is 0.263. The van der Waals surface area contributed by atoms with Crippen LogP contribution in [-0.4, -0.2) is 17.9 Å². The second kappa shape index (κ2) is 8.82. The number of rotatable bonds is 8. The highest BCUT2D eigenvalue weighted by Gasteiger charge is 2.18. The summed E-state index contributed by atoms with van der Waals surface area (Å²) < 4.78 is 13.2. The lowest BCUT2D eigenvalue weighted by atomic mass is 10.0. The van der Waals surface area contributed by atoms with E-state index in [-0.39, 0.29) is 18.1 Å². The summed E-state index contributed by atoms with van der Waals surface area (Å²) >= 11 is 0. The van der Waals surface area contributed by atoms with E-state index in [9.17, 15) is 14.0 Å². The summed E-state index contributed by atoms with van der Waals surface area (Å²) in [6, 6.07) is 14.9. The number of nitrogens with one attached hydrogen (secondary N) is 1. The molecule has 0 aliphatic heterocycles. The van der Waals surface area contributed by atoms with Gasteiger partial charge >= 0.3 is 0 Å². The summed E-state index contributed by atoms with van der Waals surface area (Å²) in [5.74, 6) is -1.24. The molecule has 0 radical (unpaired) electrons. The number of hydrogen-bond donors (Lipinski definition) is 2. The molecule has 3 N–H and O–H groups in total. The minimum atomic E-state index is -0.837. The lowest BCUT2D eigenvalue weighted by molar-refractivity contribution is -0.127. The molecule has 0 heterocycles. The van der Waals surface area contributed by atoms with Crippen molar-refractivity contribution in [2.75, 3.05) is 0 Å². The van der Waals surface area contributed by atoms with Crippen molar-refractivity contribution in [2.45, 2.75) is 31.7 Å². The zero-order chi connectivity index (χ0) is 17.4. The summed E-state index contributed by atoms with van der Waals surface area (Å²) in [4.78, 5) is 23.5. The van der Waals surface area contributed by atoms with Gasteiger partial charge in [0.05, 0.1) is 0 Å². The zero-order valence-corrected chi connectivity index (χ0v) is 13.4. The third-order valence-corrected chi connectivity index (χ3v) is 3.72. The Balaban J connectivity index is 1.83. The highest BCUT2D eigenvalue weighted by atomic mass is 19.1. The number of amides is 2. The van der Waals surface area contributed by atoms with Crippen LogP contribution in [0.15, 0.2) is 54.6 Å². The Bertz CT molecular complexity index is 689. The van der Waals surface area contributed by atoms with Gasteiger partial charge in [0.1, 0.15) is 11.9 Å². The first-order valence-corrected chi connectivity index (χ1v) is 7.91. The molecular formula is C19H21FN2O2. The molecule has 1 atom stereocenters. The van der Waals surface area contributed by atoms with Gasteiger partial charge < -0.3 is 11.1 Å². The van der Waals surface area contributed by atoms with Gasteiger partial charge in [-0.2, -0.15) is 0 Å². The molecule has 2 aromatic carbocycles. The van der Waals surface area contributed by atoms with Crippen molar-refractivity contribution >= 4 is 11.8 Å². The largest absolute Gasteiger partial charge is 0.368 e. The molecule has 0 aromatic heterocycles. The number of primary amides is 1. The SMILES string of the molecule is NC(=O)[C@H](Cc1cccc(F)c1)NC(=O)CCCc1ccccc1. The molecule has 0 fully saturated rings. The average Bonchev–Trinajstić information content (AvgIpc) is 2.55. The summed E-state index contributed by atoms with van der Waals surface area (Å²) in [5.41, 5.74) is 7.12. The second-order valence-corrected chi connectivity index (χ2v) is 5.70. The number of halogens is 1. The third kappa shape index (κ3) is 5.83. The Morgan fingerprint density at radius 3 is 2.42 bits per heavy atom. The van der Waals surface area contributed by atoms with Crippen LogP contribution in [0.2, 0.25) is 0 Å². The number of carbonyl (C=O) groups is 2. The van der Waals surface area contributed by atoms with Crippen LogP contribution in [0.25, 0.3) is 0 Å². The molecule has 2 rings (SSSR count). The van der Waals surface area contributed by atoms with Crippen LogP contribution < -0.4 is 11.1 Å². The highest BCUT2D eigenvalue weighted by Crippen LogP contribution is 2.08. The van der Waals surface area contributed by atoms with E-state index in [2.05, 4.69) is 5.32 Å². The maximum absolute atomic E-state index is 13.2. The molecule has 0 unspecified atom stereocenters. The quantitative estimate of drug-likeness (QED) is 0.781. The summed E-state index contributed by atoms with van der Waals surface area (Å²) in [6.07, 6.45) is 1.96. The van der Waals surface area contributed by atoms with Crippen LogP contribution in [0.4, 0.5) is 4.39 Å². The Morgan fingerprint density at radius 1 is 1.04 bits per heavy atom. The predicted molar refractivity (Wildman–Crippen MR) is 90.6 cm³/mol. The molecule has 2 amide bonds. The smallest absolute Gasteiger partial charge is 0.240 e. The molecule has 0 saturated heterocycles. The van der Waals surface area contributed by atoms with Crippen molar-refractivity contribution in [3.63, 3.8) is 0 Å². The Morgan fingerprint density at radius 2 is 1.75 bits per heavy atom. The first-order chi connectivity index (χ1) is 11.5. The average molecular weight is 328 g/mol. The lowest BCUT2D eigenvalue weighted by Crippen LogP contribution is -2.45. The topological polar surface area (TPSA) is 72.2 Å². The van der Waals surface area contributed by atoms with E-state index < -0.39 is 11.9 Å². The molecular weight excluding hydrogens is 307 g/mol. The standard InChI is InChI=1S/C19H21FN2O2/c20-16-10-4-9-15(12-16)13-17(19(21)24)22-18(23)11-5-8-14-6-2-1-3-7-14/h1-4,6-7,9-10,12,17H,5,8,11,13H2,(H2,21,24)(H,22,23)/t17-/m0/s1. The van der Waals surface area contributed by atoms with Gasteiger partial charge in [0.25, 0.3) is 0 Å². The normalized spacial score (nSPS) is 11.7. The summed E-state index contributed by atoms with van der Waals surface area (Å²) in [6.45, 7) is 0. The lowest BCUT2D eigenvalue weighted by Gasteiger charge is -2.15. The number of nitrogens with two attached hydrogens (primary N) is 1. The molecule has 4 nitrogen and oxygen atoms in total. The number of aryl methyl sites for hydroxylation is 1. The maximum atomic E-state index is 13.2. The highest BCUT2D eigenvalue weighted by molar-refractivity contribution is 5.86. The van der Waals surface area contributed by atoms with Crippen molar-refractivity contribution in [3.05, 3.63) is 71.5 Å². The molecule has 0 aliphatic rings.